The predicted molar refractivity (Wildman–Crippen MR) is 128 cm³/mol. The van der Waals surface area contributed by atoms with Crippen LogP contribution >= 0.6 is 23.8 Å². The molecule has 8 nitrogen and oxygen atoms in total. The molecule has 1 aliphatic heterocycles. The molecule has 1 N–H and O–H groups in total. The third-order valence-electron chi connectivity index (χ3n) is 5.04. The summed E-state index contributed by atoms with van der Waals surface area (Å²) in [6.07, 6.45) is 1.28. The summed E-state index contributed by atoms with van der Waals surface area (Å²) in [5.74, 6) is -0.910. The van der Waals surface area contributed by atoms with E-state index >= 15 is 0 Å². The minimum atomic E-state index is -0.665. The Labute approximate surface area is 198 Å². The highest BCUT2D eigenvalue weighted by atomic mass is 35.5. The van der Waals surface area contributed by atoms with E-state index in [1.54, 1.807) is 6.07 Å². The van der Waals surface area contributed by atoms with Gasteiger partial charge in [0.05, 0.1) is 16.2 Å². The Morgan fingerprint density at radius 2 is 1.88 bits per heavy atom. The fraction of sp³-hybridized carbons (Fsp3) is 0.0870. The predicted octanol–water partition coefficient (Wildman–Crippen LogP) is 4.96. The second-order valence-electron chi connectivity index (χ2n) is 7.37. The molecule has 0 spiro atoms. The van der Waals surface area contributed by atoms with E-state index in [4.69, 9.17) is 28.2 Å². The van der Waals surface area contributed by atoms with Gasteiger partial charge in [-0.2, -0.15) is 0 Å². The van der Waals surface area contributed by atoms with Crippen molar-refractivity contribution in [3.05, 3.63) is 86.1 Å². The number of carbonyl (C=O) groups is 2. The number of benzene rings is 2. The third kappa shape index (κ3) is 4.28. The van der Waals surface area contributed by atoms with Gasteiger partial charge in [-0.25, -0.2) is 0 Å². The summed E-state index contributed by atoms with van der Waals surface area (Å²) in [5, 5.41) is 14.1. The van der Waals surface area contributed by atoms with Crippen LogP contribution in [-0.4, -0.2) is 21.9 Å². The molecule has 0 radical (unpaired) electrons. The summed E-state index contributed by atoms with van der Waals surface area (Å²) >= 11 is 11.1. The van der Waals surface area contributed by atoms with Crippen molar-refractivity contribution in [1.29, 1.82) is 0 Å². The fourth-order valence-corrected chi connectivity index (χ4v) is 3.86. The SMILES string of the molecule is Cc1ccc(C)c(N2C(=O)/C(=C/c3ccc(-c4ccc(Cl)cc4[N+](=O)[O-])o3)C(=O)NC2=S)c1. The zero-order valence-corrected chi connectivity index (χ0v) is 19.0. The van der Waals surface area contributed by atoms with Crippen molar-refractivity contribution in [3.8, 4) is 11.3 Å². The standard InChI is InChI=1S/C23H16ClN3O5S/c1-12-3-4-13(2)18(9-12)26-22(29)17(21(28)25-23(26)33)11-15-6-8-20(32-15)16-7-5-14(24)10-19(16)27(30)31/h3-11H,1-2H3,(H,25,28,33)/b17-11+. The summed E-state index contributed by atoms with van der Waals surface area (Å²) in [5.41, 5.74) is 2.10. The van der Waals surface area contributed by atoms with E-state index in [0.29, 0.717) is 5.69 Å². The largest absolute Gasteiger partial charge is 0.456 e. The third-order valence-corrected chi connectivity index (χ3v) is 5.56. The highest BCUT2D eigenvalue weighted by molar-refractivity contribution is 7.80. The highest BCUT2D eigenvalue weighted by Crippen LogP contribution is 2.34. The molecule has 1 saturated heterocycles. The van der Waals surface area contributed by atoms with E-state index in [2.05, 4.69) is 5.32 Å². The number of anilines is 1. The van der Waals surface area contributed by atoms with Gasteiger partial charge in [-0.15, -0.1) is 0 Å². The zero-order chi connectivity index (χ0) is 23.9. The molecule has 10 heteroatoms. The number of rotatable bonds is 4. The molecule has 2 heterocycles. The van der Waals surface area contributed by atoms with Crippen molar-refractivity contribution in [1.82, 2.24) is 5.32 Å². The van der Waals surface area contributed by atoms with Crippen molar-refractivity contribution in [2.24, 2.45) is 0 Å². The molecule has 4 rings (SSSR count). The minimum absolute atomic E-state index is 0.0206. The van der Waals surface area contributed by atoms with Crippen LogP contribution in [0.5, 0.6) is 0 Å². The minimum Gasteiger partial charge on any atom is -0.456 e. The lowest BCUT2D eigenvalue weighted by molar-refractivity contribution is -0.384. The van der Waals surface area contributed by atoms with Crippen molar-refractivity contribution in [3.63, 3.8) is 0 Å². The van der Waals surface area contributed by atoms with Crippen LogP contribution in [0.1, 0.15) is 16.9 Å². The molecule has 0 unspecified atom stereocenters. The Morgan fingerprint density at radius 3 is 2.61 bits per heavy atom. The number of hydrogen-bond acceptors (Lipinski definition) is 6. The normalized spacial score (nSPS) is 15.2. The highest BCUT2D eigenvalue weighted by Gasteiger charge is 2.35. The molecule has 166 valence electrons. The maximum absolute atomic E-state index is 13.2. The van der Waals surface area contributed by atoms with E-state index < -0.39 is 16.7 Å². The fourth-order valence-electron chi connectivity index (χ4n) is 3.42. The Hall–Kier alpha value is -3.82. The Morgan fingerprint density at radius 1 is 1.12 bits per heavy atom. The number of nitro groups is 1. The first-order chi connectivity index (χ1) is 15.7. The number of nitrogens with zero attached hydrogens (tertiary/aromatic N) is 2. The average molecular weight is 482 g/mol. The molecule has 2 amide bonds. The number of hydrogen-bond donors (Lipinski definition) is 1. The lowest BCUT2D eigenvalue weighted by Crippen LogP contribution is -2.54. The molecule has 1 aliphatic rings. The van der Waals surface area contributed by atoms with Gasteiger partial charge in [0.2, 0.25) is 0 Å². The summed E-state index contributed by atoms with van der Waals surface area (Å²) < 4.78 is 5.70. The van der Waals surface area contributed by atoms with Crippen molar-refractivity contribution >= 4 is 58.2 Å². The number of thiocarbonyl (C=S) groups is 1. The van der Waals surface area contributed by atoms with Crippen LogP contribution in [0.2, 0.25) is 5.02 Å². The van der Waals surface area contributed by atoms with Gasteiger partial charge in [-0.1, -0.05) is 23.7 Å². The molecule has 3 aromatic rings. The molecule has 0 saturated carbocycles. The van der Waals surface area contributed by atoms with Crippen molar-refractivity contribution < 1.29 is 18.9 Å². The molecule has 0 atom stereocenters. The second kappa shape index (κ2) is 8.61. The van der Waals surface area contributed by atoms with Crippen LogP contribution in [0.4, 0.5) is 11.4 Å². The number of halogens is 1. The second-order valence-corrected chi connectivity index (χ2v) is 8.19. The van der Waals surface area contributed by atoms with Crippen LogP contribution in [0.25, 0.3) is 17.4 Å². The first-order valence-corrected chi connectivity index (χ1v) is 10.5. The molecule has 1 aromatic heterocycles. The lowest BCUT2D eigenvalue weighted by atomic mass is 10.1. The van der Waals surface area contributed by atoms with E-state index in [-0.39, 0.29) is 38.5 Å². The van der Waals surface area contributed by atoms with Gasteiger partial charge in [0.1, 0.15) is 17.1 Å². The maximum atomic E-state index is 13.2. The molecule has 2 aromatic carbocycles. The van der Waals surface area contributed by atoms with Gasteiger partial charge in [0.15, 0.2) is 5.11 Å². The van der Waals surface area contributed by atoms with Crippen LogP contribution < -0.4 is 10.2 Å². The summed E-state index contributed by atoms with van der Waals surface area (Å²) in [6.45, 7) is 3.72. The van der Waals surface area contributed by atoms with Gasteiger partial charge in [-0.05, 0) is 73.6 Å². The number of carbonyl (C=O) groups excluding carboxylic acids is 2. The van der Waals surface area contributed by atoms with E-state index in [9.17, 15) is 19.7 Å². The average Bonchev–Trinajstić information content (AvgIpc) is 3.22. The smallest absolute Gasteiger partial charge is 0.281 e. The molecule has 0 bridgehead atoms. The maximum Gasteiger partial charge on any atom is 0.281 e. The first kappa shape index (κ1) is 22.4. The monoisotopic (exact) mass is 481 g/mol. The molecular formula is C23H16ClN3O5S. The van der Waals surface area contributed by atoms with E-state index in [0.717, 1.165) is 11.1 Å². The van der Waals surface area contributed by atoms with Crippen molar-refractivity contribution in [2.45, 2.75) is 13.8 Å². The van der Waals surface area contributed by atoms with Gasteiger partial charge < -0.3 is 4.42 Å². The van der Waals surface area contributed by atoms with E-state index in [1.165, 1.54) is 41.3 Å². The van der Waals surface area contributed by atoms with Crippen LogP contribution in [-0.2, 0) is 9.59 Å². The molecular weight excluding hydrogens is 466 g/mol. The summed E-state index contributed by atoms with van der Waals surface area (Å²) in [7, 11) is 0. The number of nitrogens with one attached hydrogen (secondary N) is 1. The van der Waals surface area contributed by atoms with Gasteiger partial charge in [0.25, 0.3) is 17.5 Å². The number of aryl methyl sites for hydroxylation is 2. The lowest BCUT2D eigenvalue weighted by Gasteiger charge is -2.30. The number of nitro benzene ring substituents is 1. The van der Waals surface area contributed by atoms with Gasteiger partial charge in [0, 0.05) is 11.1 Å². The van der Waals surface area contributed by atoms with Crippen LogP contribution in [0.3, 0.4) is 0 Å². The Kier molecular flexibility index (Phi) is 5.84. The Bertz CT molecular complexity index is 1380. The Balaban J connectivity index is 1.73. The molecule has 0 aliphatic carbocycles. The van der Waals surface area contributed by atoms with Crippen LogP contribution in [0.15, 0.2) is 58.5 Å². The van der Waals surface area contributed by atoms with Crippen molar-refractivity contribution in [2.75, 3.05) is 4.90 Å². The molecule has 1 fully saturated rings. The van der Waals surface area contributed by atoms with Gasteiger partial charge >= 0.3 is 0 Å². The van der Waals surface area contributed by atoms with Gasteiger partial charge in [-0.3, -0.25) is 29.9 Å². The quantitative estimate of drug-likeness (QED) is 0.186. The van der Waals surface area contributed by atoms with Crippen LogP contribution in [0, 0.1) is 24.0 Å². The number of furan rings is 1. The first-order valence-electron chi connectivity index (χ1n) is 9.68. The summed E-state index contributed by atoms with van der Waals surface area (Å²) in [4.78, 5) is 37.9. The number of amides is 2. The van der Waals surface area contributed by atoms with E-state index in [1.807, 2.05) is 26.0 Å². The zero-order valence-electron chi connectivity index (χ0n) is 17.4. The summed E-state index contributed by atoms with van der Waals surface area (Å²) in [6, 6.07) is 12.8. The topological polar surface area (TPSA) is 106 Å². The molecule has 33 heavy (non-hydrogen) atoms.